The molecule has 0 atom stereocenters. The number of fused-ring (bicyclic) bond motifs is 1. The number of para-hydroxylation sites is 1. The maximum Gasteiger partial charge on any atom is 0.265 e. The number of nitrogens with zero attached hydrogens (tertiary/aromatic N) is 1. The van der Waals surface area contributed by atoms with Gasteiger partial charge in [0.05, 0.1) is 30.9 Å². The summed E-state index contributed by atoms with van der Waals surface area (Å²) in [5.41, 5.74) is 1.64. The Bertz CT molecular complexity index is 747. The van der Waals surface area contributed by atoms with Crippen LogP contribution in [-0.4, -0.2) is 26.7 Å². The number of rotatable bonds is 4. The van der Waals surface area contributed by atoms with Crippen LogP contribution >= 0.6 is 15.9 Å². The molecule has 0 N–H and O–H groups in total. The molecule has 0 bridgehead atoms. The SMILES string of the molecule is COc1ccc(CN2C(=O)COc3c(Br)cccc32)c(OC)c1. The minimum absolute atomic E-state index is 0.0219. The second-order valence-electron chi connectivity index (χ2n) is 5.03. The fourth-order valence-corrected chi connectivity index (χ4v) is 3.00. The standard InChI is InChI=1S/C17H16BrNO4/c1-21-12-7-6-11(15(8-12)22-2)9-19-14-5-3-4-13(18)17(14)23-10-16(19)20/h3-8H,9-10H2,1-2H3. The maximum atomic E-state index is 12.3. The highest BCUT2D eigenvalue weighted by Crippen LogP contribution is 2.39. The molecule has 1 aliphatic heterocycles. The highest BCUT2D eigenvalue weighted by molar-refractivity contribution is 9.10. The van der Waals surface area contributed by atoms with Crippen molar-refractivity contribution in [3.63, 3.8) is 0 Å². The Hall–Kier alpha value is -2.21. The van der Waals surface area contributed by atoms with Crippen molar-refractivity contribution in [3.05, 3.63) is 46.4 Å². The van der Waals surface area contributed by atoms with Crippen LogP contribution in [0, 0.1) is 0 Å². The zero-order chi connectivity index (χ0) is 16.4. The van der Waals surface area contributed by atoms with Gasteiger partial charge >= 0.3 is 0 Å². The molecule has 6 heteroatoms. The van der Waals surface area contributed by atoms with Crippen molar-refractivity contribution in [1.29, 1.82) is 0 Å². The average molecular weight is 378 g/mol. The Labute approximate surface area is 142 Å². The predicted molar refractivity (Wildman–Crippen MR) is 90.4 cm³/mol. The number of benzene rings is 2. The van der Waals surface area contributed by atoms with E-state index >= 15 is 0 Å². The average Bonchev–Trinajstić information content (AvgIpc) is 2.57. The number of halogens is 1. The zero-order valence-corrected chi connectivity index (χ0v) is 14.4. The number of hydrogen-bond acceptors (Lipinski definition) is 4. The van der Waals surface area contributed by atoms with Crippen LogP contribution in [0.5, 0.6) is 17.2 Å². The molecule has 0 fully saturated rings. The van der Waals surface area contributed by atoms with Gasteiger partial charge in [-0.25, -0.2) is 0 Å². The van der Waals surface area contributed by atoms with Crippen molar-refractivity contribution in [2.45, 2.75) is 6.54 Å². The molecule has 0 spiro atoms. The number of carbonyl (C=O) groups is 1. The van der Waals surface area contributed by atoms with E-state index in [1.165, 1.54) is 0 Å². The van der Waals surface area contributed by atoms with Crippen LogP contribution < -0.4 is 19.1 Å². The quantitative estimate of drug-likeness (QED) is 0.819. The molecule has 2 aromatic carbocycles. The first-order valence-electron chi connectivity index (χ1n) is 7.06. The van der Waals surface area contributed by atoms with E-state index in [-0.39, 0.29) is 12.5 Å². The minimum Gasteiger partial charge on any atom is -0.497 e. The summed E-state index contributed by atoms with van der Waals surface area (Å²) in [7, 11) is 3.21. The van der Waals surface area contributed by atoms with Gasteiger partial charge in [0.15, 0.2) is 12.4 Å². The molecule has 0 saturated carbocycles. The monoisotopic (exact) mass is 377 g/mol. The molecule has 0 saturated heterocycles. The van der Waals surface area contributed by atoms with Crippen molar-refractivity contribution in [3.8, 4) is 17.2 Å². The third kappa shape index (κ3) is 2.99. The summed E-state index contributed by atoms with van der Waals surface area (Å²) in [6.45, 7) is 0.424. The molecular formula is C17H16BrNO4. The first-order chi connectivity index (χ1) is 11.1. The minimum atomic E-state index is -0.0894. The largest absolute Gasteiger partial charge is 0.497 e. The van der Waals surface area contributed by atoms with E-state index in [0.29, 0.717) is 23.8 Å². The van der Waals surface area contributed by atoms with E-state index in [1.807, 2.05) is 36.4 Å². The predicted octanol–water partition coefficient (Wildman–Crippen LogP) is 3.39. The van der Waals surface area contributed by atoms with E-state index in [2.05, 4.69) is 15.9 Å². The number of amides is 1. The van der Waals surface area contributed by atoms with Crippen molar-refractivity contribution in [2.75, 3.05) is 25.7 Å². The summed E-state index contributed by atoms with van der Waals surface area (Å²) >= 11 is 3.46. The van der Waals surface area contributed by atoms with Crippen molar-refractivity contribution >= 4 is 27.5 Å². The third-order valence-corrected chi connectivity index (χ3v) is 4.33. The number of hydrogen-bond donors (Lipinski definition) is 0. The molecule has 5 nitrogen and oxygen atoms in total. The van der Waals surface area contributed by atoms with Crippen LogP contribution in [-0.2, 0) is 11.3 Å². The lowest BCUT2D eigenvalue weighted by Gasteiger charge is -2.30. The number of carbonyl (C=O) groups excluding carboxylic acids is 1. The zero-order valence-electron chi connectivity index (χ0n) is 12.8. The van der Waals surface area contributed by atoms with Crippen LogP contribution in [0.25, 0.3) is 0 Å². The van der Waals surface area contributed by atoms with E-state index in [9.17, 15) is 4.79 Å². The molecule has 0 aliphatic carbocycles. The smallest absolute Gasteiger partial charge is 0.265 e. The van der Waals surface area contributed by atoms with Crippen LogP contribution in [0.2, 0.25) is 0 Å². The van der Waals surface area contributed by atoms with Gasteiger partial charge in [-0.15, -0.1) is 0 Å². The lowest BCUT2D eigenvalue weighted by molar-refractivity contribution is -0.121. The van der Waals surface area contributed by atoms with Crippen molar-refractivity contribution < 1.29 is 19.0 Å². The number of anilines is 1. The molecule has 23 heavy (non-hydrogen) atoms. The number of ether oxygens (including phenoxy) is 3. The molecule has 1 amide bonds. The van der Waals surface area contributed by atoms with E-state index < -0.39 is 0 Å². The van der Waals surface area contributed by atoms with Crippen molar-refractivity contribution in [2.24, 2.45) is 0 Å². The van der Waals surface area contributed by atoms with Gasteiger partial charge < -0.3 is 19.1 Å². The van der Waals surface area contributed by atoms with Crippen LogP contribution in [0.3, 0.4) is 0 Å². The first-order valence-corrected chi connectivity index (χ1v) is 7.86. The Balaban J connectivity index is 1.97. The summed E-state index contributed by atoms with van der Waals surface area (Å²) in [5.74, 6) is 1.98. The van der Waals surface area contributed by atoms with E-state index in [4.69, 9.17) is 14.2 Å². The van der Waals surface area contributed by atoms with Gasteiger partial charge in [-0.1, -0.05) is 6.07 Å². The highest BCUT2D eigenvalue weighted by atomic mass is 79.9. The Morgan fingerprint density at radius 2 is 2.04 bits per heavy atom. The van der Waals surface area contributed by atoms with Crippen LogP contribution in [0.4, 0.5) is 5.69 Å². The molecule has 3 rings (SSSR count). The molecular weight excluding hydrogens is 362 g/mol. The van der Waals surface area contributed by atoms with Gasteiger partial charge in [-0.3, -0.25) is 4.79 Å². The Kier molecular flexibility index (Phi) is 4.43. The summed E-state index contributed by atoms with van der Waals surface area (Å²) in [6, 6.07) is 11.2. The van der Waals surface area contributed by atoms with Gasteiger partial charge in [-0.05, 0) is 40.2 Å². The second kappa shape index (κ2) is 6.50. The fraction of sp³-hybridized carbons (Fsp3) is 0.235. The molecule has 1 heterocycles. The summed E-state index contributed by atoms with van der Waals surface area (Å²) < 4.78 is 17.0. The summed E-state index contributed by atoms with van der Waals surface area (Å²) in [4.78, 5) is 14.0. The van der Waals surface area contributed by atoms with Crippen LogP contribution in [0.15, 0.2) is 40.9 Å². The van der Waals surface area contributed by atoms with Gasteiger partial charge in [0.1, 0.15) is 11.5 Å². The molecule has 0 radical (unpaired) electrons. The molecule has 2 aromatic rings. The van der Waals surface area contributed by atoms with Crippen molar-refractivity contribution in [1.82, 2.24) is 0 Å². The van der Waals surface area contributed by atoms with Gasteiger partial charge in [0, 0.05) is 11.6 Å². The molecule has 1 aliphatic rings. The topological polar surface area (TPSA) is 48.0 Å². The summed E-state index contributed by atoms with van der Waals surface area (Å²) in [5, 5.41) is 0. The summed E-state index contributed by atoms with van der Waals surface area (Å²) in [6.07, 6.45) is 0. The Morgan fingerprint density at radius 1 is 1.22 bits per heavy atom. The van der Waals surface area contributed by atoms with E-state index in [0.717, 1.165) is 15.7 Å². The maximum absolute atomic E-state index is 12.3. The first kappa shape index (κ1) is 15.7. The highest BCUT2D eigenvalue weighted by Gasteiger charge is 2.27. The second-order valence-corrected chi connectivity index (χ2v) is 5.89. The molecule has 0 unspecified atom stereocenters. The molecule has 120 valence electrons. The molecule has 0 aromatic heterocycles. The van der Waals surface area contributed by atoms with E-state index in [1.54, 1.807) is 19.1 Å². The van der Waals surface area contributed by atoms with Gasteiger partial charge in [-0.2, -0.15) is 0 Å². The van der Waals surface area contributed by atoms with Gasteiger partial charge in [0.2, 0.25) is 0 Å². The normalized spacial score (nSPS) is 13.3. The van der Waals surface area contributed by atoms with Crippen LogP contribution in [0.1, 0.15) is 5.56 Å². The fourth-order valence-electron chi connectivity index (χ4n) is 2.53. The number of methoxy groups -OCH3 is 2. The Morgan fingerprint density at radius 3 is 2.78 bits per heavy atom. The third-order valence-electron chi connectivity index (χ3n) is 3.70. The lowest BCUT2D eigenvalue weighted by Crippen LogP contribution is -2.38. The lowest BCUT2D eigenvalue weighted by atomic mass is 10.1. The van der Waals surface area contributed by atoms with Gasteiger partial charge in [0.25, 0.3) is 5.91 Å².